The number of benzene rings is 1. The molecule has 0 bridgehead atoms. The summed E-state index contributed by atoms with van der Waals surface area (Å²) >= 11 is 1.57. The van der Waals surface area contributed by atoms with E-state index in [1.165, 1.54) is 17.2 Å². The molecule has 3 aromatic rings. The van der Waals surface area contributed by atoms with Gasteiger partial charge in [0, 0.05) is 38.8 Å². The monoisotopic (exact) mass is 410 g/mol. The lowest BCUT2D eigenvalue weighted by Crippen LogP contribution is -2.10. The summed E-state index contributed by atoms with van der Waals surface area (Å²) in [4.78, 5) is 38.5. The number of hydrogen-bond acceptors (Lipinski definition) is 6. The topological polar surface area (TPSA) is 73.6 Å². The number of carbonyl (C=O) groups is 2. The largest absolute Gasteiger partial charge is 0.461 e. The lowest BCUT2D eigenvalue weighted by atomic mass is 10.0. The molecule has 5 nitrogen and oxygen atoms in total. The van der Waals surface area contributed by atoms with Crippen LogP contribution in [0.1, 0.15) is 56.1 Å². The molecule has 0 saturated heterocycles. The Kier molecular flexibility index (Phi) is 5.37. The van der Waals surface area contributed by atoms with Gasteiger partial charge in [-0.05, 0) is 62.4 Å². The van der Waals surface area contributed by atoms with Crippen molar-refractivity contribution in [2.45, 2.75) is 52.6 Å². The van der Waals surface area contributed by atoms with E-state index in [4.69, 9.17) is 9.15 Å². The van der Waals surface area contributed by atoms with Gasteiger partial charge in [0.15, 0.2) is 5.78 Å². The van der Waals surface area contributed by atoms with Crippen molar-refractivity contribution in [3.05, 3.63) is 66.7 Å². The van der Waals surface area contributed by atoms with E-state index in [2.05, 4.69) is 0 Å². The lowest BCUT2D eigenvalue weighted by Gasteiger charge is -2.09. The van der Waals surface area contributed by atoms with Gasteiger partial charge in [0.2, 0.25) is 0 Å². The molecule has 150 valence electrons. The standard InChI is InChI=1S/C23H22O5S/c1-13-8-18(14(2)29-13)20(24)6-7-22(25)27-12-17-11-23(26)28-21-10-16-5-3-4-15(16)9-19(17)21/h8-11H,3-7,12H2,1-2H3. The molecule has 29 heavy (non-hydrogen) atoms. The second kappa shape index (κ2) is 7.95. The van der Waals surface area contributed by atoms with Gasteiger partial charge < -0.3 is 9.15 Å². The molecular weight excluding hydrogens is 388 g/mol. The van der Waals surface area contributed by atoms with Crippen LogP contribution in [0.5, 0.6) is 0 Å². The second-order valence-corrected chi connectivity index (χ2v) is 8.93. The van der Waals surface area contributed by atoms with Gasteiger partial charge >= 0.3 is 11.6 Å². The fraction of sp³-hybridized carbons (Fsp3) is 0.348. The van der Waals surface area contributed by atoms with E-state index in [1.807, 2.05) is 32.0 Å². The summed E-state index contributed by atoms with van der Waals surface area (Å²) in [6, 6.07) is 7.20. The Hall–Kier alpha value is -2.73. The lowest BCUT2D eigenvalue weighted by molar-refractivity contribution is -0.144. The summed E-state index contributed by atoms with van der Waals surface area (Å²) in [5.74, 6) is -0.504. The number of hydrogen-bond donors (Lipinski definition) is 0. The van der Waals surface area contributed by atoms with Crippen LogP contribution in [0.25, 0.3) is 11.0 Å². The average molecular weight is 410 g/mol. The number of esters is 1. The normalized spacial score (nSPS) is 12.9. The summed E-state index contributed by atoms with van der Waals surface area (Å²) in [6.45, 7) is 3.86. The van der Waals surface area contributed by atoms with Crippen molar-refractivity contribution in [1.29, 1.82) is 0 Å². The molecule has 0 atom stereocenters. The molecule has 1 aliphatic rings. The summed E-state index contributed by atoms with van der Waals surface area (Å²) < 4.78 is 10.7. The minimum absolute atomic E-state index is 0.00943. The molecule has 0 spiro atoms. The van der Waals surface area contributed by atoms with Gasteiger partial charge in [0.05, 0.1) is 6.42 Å². The Bertz CT molecular complexity index is 1170. The molecular formula is C23H22O5S. The number of thiophene rings is 1. The molecule has 2 aromatic heterocycles. The molecule has 0 amide bonds. The van der Waals surface area contributed by atoms with Gasteiger partial charge in [0.25, 0.3) is 0 Å². The van der Waals surface area contributed by atoms with Crippen LogP contribution in [0.3, 0.4) is 0 Å². The highest BCUT2D eigenvalue weighted by Gasteiger charge is 2.17. The summed E-state index contributed by atoms with van der Waals surface area (Å²) in [7, 11) is 0. The SMILES string of the molecule is Cc1cc(C(=O)CCC(=O)OCc2cc(=O)oc3cc4c(cc23)CCC4)c(C)s1. The maximum absolute atomic E-state index is 12.3. The quantitative estimate of drug-likeness (QED) is 0.335. The fourth-order valence-electron chi connectivity index (χ4n) is 3.90. The Morgan fingerprint density at radius 3 is 2.55 bits per heavy atom. The van der Waals surface area contributed by atoms with Crippen molar-refractivity contribution in [3.63, 3.8) is 0 Å². The van der Waals surface area contributed by atoms with Gasteiger partial charge in [-0.25, -0.2) is 4.79 Å². The van der Waals surface area contributed by atoms with Crippen molar-refractivity contribution < 1.29 is 18.7 Å². The van der Waals surface area contributed by atoms with Crippen LogP contribution in [-0.2, 0) is 29.0 Å². The second-order valence-electron chi connectivity index (χ2n) is 7.47. The van der Waals surface area contributed by atoms with Gasteiger partial charge in [-0.1, -0.05) is 0 Å². The third-order valence-electron chi connectivity index (χ3n) is 5.33. The molecule has 0 radical (unpaired) electrons. The maximum Gasteiger partial charge on any atom is 0.336 e. The summed E-state index contributed by atoms with van der Waals surface area (Å²) in [6.07, 6.45) is 3.22. The van der Waals surface area contributed by atoms with E-state index in [0.29, 0.717) is 16.7 Å². The first-order chi connectivity index (χ1) is 13.9. The van der Waals surface area contributed by atoms with Crippen LogP contribution in [0.15, 0.2) is 33.5 Å². The molecule has 0 saturated carbocycles. The van der Waals surface area contributed by atoms with Crippen LogP contribution in [0.2, 0.25) is 0 Å². The maximum atomic E-state index is 12.3. The fourth-order valence-corrected chi connectivity index (χ4v) is 4.84. The Morgan fingerprint density at radius 1 is 1.07 bits per heavy atom. The third-order valence-corrected chi connectivity index (χ3v) is 6.29. The van der Waals surface area contributed by atoms with E-state index in [-0.39, 0.29) is 25.2 Å². The molecule has 6 heteroatoms. The molecule has 0 aliphatic heterocycles. The Morgan fingerprint density at radius 2 is 1.83 bits per heavy atom. The van der Waals surface area contributed by atoms with E-state index in [0.717, 1.165) is 34.4 Å². The van der Waals surface area contributed by atoms with Gasteiger partial charge in [-0.2, -0.15) is 0 Å². The Balaban J connectivity index is 1.43. The van der Waals surface area contributed by atoms with Crippen LogP contribution < -0.4 is 5.63 Å². The number of ether oxygens (including phenoxy) is 1. The Labute approximate surface area is 172 Å². The minimum Gasteiger partial charge on any atom is -0.461 e. The van der Waals surface area contributed by atoms with E-state index in [1.54, 1.807) is 11.3 Å². The molecule has 0 fully saturated rings. The smallest absolute Gasteiger partial charge is 0.336 e. The number of ketones is 1. The predicted molar refractivity (Wildman–Crippen MR) is 112 cm³/mol. The third kappa shape index (κ3) is 4.17. The molecule has 1 aliphatic carbocycles. The summed E-state index contributed by atoms with van der Waals surface area (Å²) in [5.41, 5.74) is 3.86. The van der Waals surface area contributed by atoms with E-state index >= 15 is 0 Å². The molecule has 0 unspecified atom stereocenters. The van der Waals surface area contributed by atoms with E-state index < -0.39 is 11.6 Å². The number of aryl methyl sites for hydroxylation is 4. The highest BCUT2D eigenvalue weighted by Crippen LogP contribution is 2.29. The number of carbonyl (C=O) groups excluding carboxylic acids is 2. The molecule has 2 heterocycles. The number of fused-ring (bicyclic) bond motifs is 2. The minimum atomic E-state index is -0.458. The number of Topliss-reactive ketones (excluding diaryl/α,β-unsaturated/α-hetero) is 1. The molecule has 4 rings (SSSR count). The van der Waals surface area contributed by atoms with Gasteiger partial charge in [0.1, 0.15) is 12.2 Å². The summed E-state index contributed by atoms with van der Waals surface area (Å²) in [5, 5.41) is 0.804. The highest BCUT2D eigenvalue weighted by molar-refractivity contribution is 7.12. The van der Waals surface area contributed by atoms with Crippen molar-refractivity contribution >= 4 is 34.1 Å². The zero-order valence-electron chi connectivity index (χ0n) is 16.5. The van der Waals surface area contributed by atoms with Crippen molar-refractivity contribution in [2.24, 2.45) is 0 Å². The van der Waals surface area contributed by atoms with Crippen molar-refractivity contribution in [1.82, 2.24) is 0 Å². The van der Waals surface area contributed by atoms with Gasteiger partial charge in [-0.15, -0.1) is 11.3 Å². The molecule has 1 aromatic carbocycles. The zero-order chi connectivity index (χ0) is 20.5. The first-order valence-electron chi connectivity index (χ1n) is 9.75. The van der Waals surface area contributed by atoms with Crippen molar-refractivity contribution in [2.75, 3.05) is 0 Å². The van der Waals surface area contributed by atoms with Crippen LogP contribution in [0.4, 0.5) is 0 Å². The van der Waals surface area contributed by atoms with Crippen molar-refractivity contribution in [3.8, 4) is 0 Å². The first kappa shape index (κ1) is 19.6. The number of rotatable bonds is 6. The average Bonchev–Trinajstić information content (AvgIpc) is 3.27. The predicted octanol–water partition coefficient (Wildman–Crippen LogP) is 4.67. The van der Waals surface area contributed by atoms with Crippen LogP contribution >= 0.6 is 11.3 Å². The highest BCUT2D eigenvalue weighted by atomic mass is 32.1. The first-order valence-corrected chi connectivity index (χ1v) is 10.6. The zero-order valence-corrected chi connectivity index (χ0v) is 17.3. The van der Waals surface area contributed by atoms with E-state index in [9.17, 15) is 14.4 Å². The van der Waals surface area contributed by atoms with Crippen LogP contribution in [-0.4, -0.2) is 11.8 Å². The molecule has 0 N–H and O–H groups in total. The van der Waals surface area contributed by atoms with Crippen LogP contribution in [0, 0.1) is 13.8 Å². The van der Waals surface area contributed by atoms with Gasteiger partial charge in [-0.3, -0.25) is 9.59 Å².